The average Bonchev–Trinajstić information content (AvgIpc) is 3.36. The van der Waals surface area contributed by atoms with Crippen LogP contribution in [0.4, 0.5) is 0 Å². The van der Waals surface area contributed by atoms with Gasteiger partial charge in [-0.05, 0) is 62.7 Å². The van der Waals surface area contributed by atoms with Gasteiger partial charge in [0.2, 0.25) is 0 Å². The fourth-order valence-corrected chi connectivity index (χ4v) is 4.07. The van der Waals surface area contributed by atoms with Crippen LogP contribution in [0.15, 0.2) is 48.7 Å². The number of fused-ring (bicyclic) bond motifs is 2. The number of nitrogens with one attached hydrogen (secondary N) is 2. The van der Waals surface area contributed by atoms with Crippen LogP contribution in [0.5, 0.6) is 5.75 Å². The lowest BCUT2D eigenvalue weighted by Gasteiger charge is -2.11. The maximum Gasteiger partial charge on any atom is 0.267 e. The Bertz CT molecular complexity index is 1310. The Labute approximate surface area is 180 Å². The highest BCUT2D eigenvalue weighted by molar-refractivity contribution is 5.98. The van der Waals surface area contributed by atoms with Crippen molar-refractivity contribution >= 4 is 16.8 Å². The van der Waals surface area contributed by atoms with Gasteiger partial charge in [-0.25, -0.2) is 4.98 Å². The summed E-state index contributed by atoms with van der Waals surface area (Å²) in [5, 5.41) is 4.04. The third-order valence-corrected chi connectivity index (χ3v) is 5.66. The van der Waals surface area contributed by atoms with Crippen LogP contribution in [-0.4, -0.2) is 33.5 Å². The maximum absolute atomic E-state index is 12.6. The van der Waals surface area contributed by atoms with E-state index in [9.17, 15) is 4.79 Å². The second-order valence-corrected chi connectivity index (χ2v) is 8.20. The number of ether oxygens (including phenoxy) is 1. The van der Waals surface area contributed by atoms with Crippen molar-refractivity contribution in [2.45, 2.75) is 33.3 Å². The van der Waals surface area contributed by atoms with Gasteiger partial charge in [0.1, 0.15) is 17.5 Å². The van der Waals surface area contributed by atoms with Crippen LogP contribution >= 0.6 is 0 Å². The molecule has 31 heavy (non-hydrogen) atoms. The highest BCUT2D eigenvalue weighted by Crippen LogP contribution is 2.33. The van der Waals surface area contributed by atoms with Crippen LogP contribution in [-0.2, 0) is 6.42 Å². The Morgan fingerprint density at radius 2 is 2.03 bits per heavy atom. The van der Waals surface area contributed by atoms with Crippen LogP contribution in [0.2, 0.25) is 0 Å². The number of hydrogen-bond donors (Lipinski definition) is 2. The van der Waals surface area contributed by atoms with Crippen LogP contribution in [0, 0.1) is 20.8 Å². The number of rotatable bonds is 4. The fraction of sp³-hybridized carbons (Fsp3) is 0.240. The van der Waals surface area contributed by atoms with Gasteiger partial charge >= 0.3 is 0 Å². The van der Waals surface area contributed by atoms with Gasteiger partial charge in [-0.3, -0.25) is 9.78 Å². The number of carbonyl (C=O) groups excluding carboxylic acids is 1. The largest absolute Gasteiger partial charge is 0.488 e. The van der Waals surface area contributed by atoms with Crippen LogP contribution < -0.4 is 10.1 Å². The fourth-order valence-electron chi connectivity index (χ4n) is 4.07. The number of aromatic amines is 1. The Kier molecular flexibility index (Phi) is 4.70. The average molecular weight is 412 g/mol. The summed E-state index contributed by atoms with van der Waals surface area (Å²) in [6.07, 6.45) is 2.43. The molecule has 5 rings (SSSR count). The molecule has 1 aliphatic rings. The first kappa shape index (κ1) is 19.3. The standard InChI is InChI=1S/C25H24N4O2/c1-14-4-6-21-18(8-14)11-22(29-21)25(30)27-13-20-10-19-9-17(5-7-23(19)31-20)24-16(3)26-12-15(2)28-24/h4-9,11-12,20,29H,10,13H2,1-3H3,(H,27,30)/t20-/m0/s1. The Morgan fingerprint density at radius 1 is 1.16 bits per heavy atom. The number of H-pyrrole nitrogens is 1. The molecule has 1 aliphatic heterocycles. The summed E-state index contributed by atoms with van der Waals surface area (Å²) in [6.45, 7) is 6.40. The van der Waals surface area contributed by atoms with Crippen molar-refractivity contribution in [2.24, 2.45) is 0 Å². The number of carbonyl (C=O) groups is 1. The number of nitrogens with zero attached hydrogens (tertiary/aromatic N) is 2. The predicted molar refractivity (Wildman–Crippen MR) is 120 cm³/mol. The van der Waals surface area contributed by atoms with Crippen molar-refractivity contribution in [3.63, 3.8) is 0 Å². The van der Waals surface area contributed by atoms with Crippen LogP contribution in [0.1, 0.15) is 33.0 Å². The number of benzene rings is 2. The summed E-state index contributed by atoms with van der Waals surface area (Å²) in [7, 11) is 0. The van der Waals surface area contributed by atoms with Gasteiger partial charge in [0.05, 0.1) is 23.6 Å². The van der Waals surface area contributed by atoms with Gasteiger partial charge in [0, 0.05) is 29.1 Å². The molecule has 0 unspecified atom stereocenters. The summed E-state index contributed by atoms with van der Waals surface area (Å²) in [4.78, 5) is 24.9. The molecule has 0 spiro atoms. The smallest absolute Gasteiger partial charge is 0.267 e. The van der Waals surface area contributed by atoms with E-state index in [1.165, 1.54) is 5.56 Å². The molecule has 1 amide bonds. The molecule has 1 atom stereocenters. The minimum absolute atomic E-state index is 0.0921. The third kappa shape index (κ3) is 3.77. The monoisotopic (exact) mass is 412 g/mol. The molecule has 0 fully saturated rings. The first-order chi connectivity index (χ1) is 15.0. The molecule has 4 aromatic rings. The summed E-state index contributed by atoms with van der Waals surface area (Å²) >= 11 is 0. The van der Waals surface area contributed by atoms with E-state index in [1.54, 1.807) is 6.20 Å². The van der Waals surface area contributed by atoms with E-state index in [1.807, 2.05) is 51.1 Å². The Morgan fingerprint density at radius 3 is 2.90 bits per heavy atom. The number of aryl methyl sites for hydroxylation is 3. The Hall–Kier alpha value is -3.67. The molecule has 156 valence electrons. The number of aromatic nitrogens is 3. The molecule has 0 bridgehead atoms. The van der Waals surface area contributed by atoms with Gasteiger partial charge in [0.25, 0.3) is 5.91 Å². The first-order valence-electron chi connectivity index (χ1n) is 10.4. The van der Waals surface area contributed by atoms with Crippen molar-refractivity contribution in [1.82, 2.24) is 20.3 Å². The topological polar surface area (TPSA) is 79.9 Å². The van der Waals surface area contributed by atoms with Crippen molar-refractivity contribution < 1.29 is 9.53 Å². The minimum atomic E-state index is -0.125. The summed E-state index contributed by atoms with van der Waals surface area (Å²) in [6, 6.07) is 14.1. The molecule has 6 nitrogen and oxygen atoms in total. The van der Waals surface area contributed by atoms with E-state index < -0.39 is 0 Å². The molecule has 0 aliphatic carbocycles. The zero-order chi connectivity index (χ0) is 21.5. The number of hydrogen-bond acceptors (Lipinski definition) is 4. The van der Waals surface area contributed by atoms with Crippen molar-refractivity contribution in [1.29, 1.82) is 0 Å². The van der Waals surface area contributed by atoms with Gasteiger partial charge in [-0.15, -0.1) is 0 Å². The molecule has 2 aromatic heterocycles. The van der Waals surface area contributed by atoms with Gasteiger partial charge < -0.3 is 15.0 Å². The van der Waals surface area contributed by atoms with E-state index in [0.717, 1.165) is 51.3 Å². The lowest BCUT2D eigenvalue weighted by molar-refractivity contribution is 0.0929. The minimum Gasteiger partial charge on any atom is -0.488 e. The highest BCUT2D eigenvalue weighted by atomic mass is 16.5. The summed E-state index contributed by atoms with van der Waals surface area (Å²) in [5.74, 6) is 0.738. The second kappa shape index (κ2) is 7.54. The maximum atomic E-state index is 12.6. The van der Waals surface area contributed by atoms with Crippen LogP contribution in [0.25, 0.3) is 22.2 Å². The molecule has 6 heteroatoms. The molecule has 0 radical (unpaired) electrons. The predicted octanol–water partition coefficient (Wildman–Crippen LogP) is 4.28. The molecule has 0 saturated heterocycles. The molecule has 0 saturated carbocycles. The van der Waals surface area contributed by atoms with Gasteiger partial charge in [0.15, 0.2) is 0 Å². The van der Waals surface area contributed by atoms with E-state index in [2.05, 4.69) is 32.4 Å². The lowest BCUT2D eigenvalue weighted by atomic mass is 10.0. The van der Waals surface area contributed by atoms with Crippen LogP contribution in [0.3, 0.4) is 0 Å². The zero-order valence-electron chi connectivity index (χ0n) is 17.8. The normalized spacial score (nSPS) is 15.0. The molecule has 2 N–H and O–H groups in total. The molecule has 2 aromatic carbocycles. The van der Waals surface area contributed by atoms with E-state index in [0.29, 0.717) is 12.2 Å². The Balaban J connectivity index is 1.26. The summed E-state index contributed by atoms with van der Waals surface area (Å²) in [5.41, 5.74) is 7.55. The van der Waals surface area contributed by atoms with E-state index in [-0.39, 0.29) is 12.0 Å². The van der Waals surface area contributed by atoms with E-state index >= 15 is 0 Å². The first-order valence-corrected chi connectivity index (χ1v) is 10.4. The quantitative estimate of drug-likeness (QED) is 0.524. The second-order valence-electron chi connectivity index (χ2n) is 8.20. The number of amides is 1. The third-order valence-electron chi connectivity index (χ3n) is 5.66. The van der Waals surface area contributed by atoms with E-state index in [4.69, 9.17) is 4.74 Å². The lowest BCUT2D eigenvalue weighted by Crippen LogP contribution is -2.34. The molecule has 3 heterocycles. The van der Waals surface area contributed by atoms with Gasteiger partial charge in [-0.1, -0.05) is 11.6 Å². The van der Waals surface area contributed by atoms with Crippen molar-refractivity contribution in [2.75, 3.05) is 6.54 Å². The molecular weight excluding hydrogens is 388 g/mol. The molecular formula is C25H24N4O2. The zero-order valence-corrected chi connectivity index (χ0v) is 17.8. The summed E-state index contributed by atoms with van der Waals surface area (Å²) < 4.78 is 6.05. The SMILES string of the molecule is Cc1ccc2[nH]c(C(=O)NC[C@@H]3Cc4cc(-c5nc(C)cnc5C)ccc4O3)cc2c1. The highest BCUT2D eigenvalue weighted by Gasteiger charge is 2.24. The van der Waals surface area contributed by atoms with Crippen molar-refractivity contribution in [3.05, 3.63) is 76.9 Å². The van der Waals surface area contributed by atoms with Crippen molar-refractivity contribution in [3.8, 4) is 17.0 Å². The van der Waals surface area contributed by atoms with Gasteiger partial charge in [-0.2, -0.15) is 0 Å².